The number of halogens is 5. The number of aromatic nitrogens is 2. The van der Waals surface area contributed by atoms with E-state index in [2.05, 4.69) is 15.3 Å². The molecule has 3 fully saturated rings. The minimum Gasteiger partial charge on any atom is -0.337 e. The third-order valence-corrected chi connectivity index (χ3v) is 9.81. The molecule has 3 aromatic heterocycles. The molecule has 42 heavy (non-hydrogen) atoms. The molecular formula is C28H28ClF4N5O3S. The van der Waals surface area contributed by atoms with Crippen molar-refractivity contribution in [2.45, 2.75) is 46.0 Å². The third kappa shape index (κ3) is 4.56. The van der Waals surface area contributed by atoms with E-state index in [-0.39, 0.29) is 74.3 Å². The van der Waals surface area contributed by atoms with Crippen molar-refractivity contribution in [3.05, 3.63) is 45.8 Å². The van der Waals surface area contributed by atoms with Gasteiger partial charge in [0, 0.05) is 30.9 Å². The Hall–Kier alpha value is -3.16. The second-order valence-corrected chi connectivity index (χ2v) is 12.6. The van der Waals surface area contributed by atoms with E-state index in [1.807, 2.05) is 13.8 Å². The number of thiophene rings is 1. The predicted octanol–water partition coefficient (Wildman–Crippen LogP) is 4.82. The lowest BCUT2D eigenvalue weighted by Crippen LogP contribution is -2.35. The van der Waals surface area contributed by atoms with Crippen LogP contribution in [0.2, 0.25) is 0 Å². The quantitative estimate of drug-likeness (QED) is 0.323. The van der Waals surface area contributed by atoms with Crippen molar-refractivity contribution in [2.75, 3.05) is 20.1 Å². The number of carbonyl (C=O) groups is 3. The highest BCUT2D eigenvalue weighted by atomic mass is 35.5. The lowest BCUT2D eigenvalue weighted by molar-refractivity contribution is -0.144. The zero-order chi connectivity index (χ0) is 29.6. The molecule has 3 atom stereocenters. The average Bonchev–Trinajstić information content (AvgIpc) is 3.26. The van der Waals surface area contributed by atoms with Crippen molar-refractivity contribution in [2.24, 2.45) is 17.3 Å². The molecule has 0 bridgehead atoms. The zero-order valence-electron chi connectivity index (χ0n) is 23.1. The summed E-state index contributed by atoms with van der Waals surface area (Å²) in [7, 11) is 1.78. The zero-order valence-corrected chi connectivity index (χ0v) is 24.8. The van der Waals surface area contributed by atoms with Gasteiger partial charge in [-0.05, 0) is 43.5 Å². The molecule has 2 saturated heterocycles. The highest BCUT2D eigenvalue weighted by Crippen LogP contribution is 2.63. The van der Waals surface area contributed by atoms with Gasteiger partial charge in [0.2, 0.25) is 11.8 Å². The highest BCUT2D eigenvalue weighted by molar-refractivity contribution is 7.19. The van der Waals surface area contributed by atoms with E-state index >= 15 is 4.39 Å². The van der Waals surface area contributed by atoms with Crippen molar-refractivity contribution in [3.8, 4) is 11.3 Å². The molecule has 3 aromatic rings. The molecule has 2 aliphatic heterocycles. The fraction of sp³-hybridized carbons (Fsp3) is 0.464. The maximum absolute atomic E-state index is 15.6. The van der Waals surface area contributed by atoms with E-state index in [0.29, 0.717) is 19.5 Å². The molecular weight excluding hydrogens is 598 g/mol. The summed E-state index contributed by atoms with van der Waals surface area (Å²) in [5, 5.41) is 3.11. The predicted molar refractivity (Wildman–Crippen MR) is 149 cm³/mol. The van der Waals surface area contributed by atoms with Gasteiger partial charge < -0.3 is 10.2 Å². The smallest absolute Gasteiger partial charge is 0.337 e. The van der Waals surface area contributed by atoms with Crippen LogP contribution < -0.4 is 5.32 Å². The lowest BCUT2D eigenvalue weighted by atomic mass is 9.99. The van der Waals surface area contributed by atoms with Crippen molar-refractivity contribution in [1.82, 2.24) is 25.1 Å². The van der Waals surface area contributed by atoms with Gasteiger partial charge in [-0.3, -0.25) is 24.3 Å². The number of likely N-dealkylation sites (N-methyl/N-ethyl adjacent to an activating group) is 1. The maximum atomic E-state index is 15.6. The normalized spacial score (nSPS) is 23.0. The third-order valence-electron chi connectivity index (χ3n) is 8.64. The van der Waals surface area contributed by atoms with E-state index in [4.69, 9.17) is 0 Å². The summed E-state index contributed by atoms with van der Waals surface area (Å²) in [5.74, 6) is -2.80. The molecule has 5 heterocycles. The van der Waals surface area contributed by atoms with E-state index in [9.17, 15) is 27.6 Å². The molecule has 0 radical (unpaired) electrons. The number of fused-ring (bicyclic) bond motifs is 2. The first kappa shape index (κ1) is 30.3. The Morgan fingerprint density at radius 3 is 2.48 bits per heavy atom. The van der Waals surface area contributed by atoms with E-state index in [1.165, 1.54) is 19.2 Å². The molecule has 3 aliphatic rings. The maximum Gasteiger partial charge on any atom is 0.433 e. The van der Waals surface area contributed by atoms with Gasteiger partial charge in [-0.25, -0.2) is 9.37 Å². The van der Waals surface area contributed by atoms with Gasteiger partial charge in [0.05, 0.1) is 39.2 Å². The molecule has 3 unspecified atom stereocenters. The van der Waals surface area contributed by atoms with Gasteiger partial charge in [-0.15, -0.1) is 23.7 Å². The molecule has 14 heteroatoms. The van der Waals surface area contributed by atoms with Crippen LogP contribution in [-0.2, 0) is 22.3 Å². The number of carbonyl (C=O) groups excluding carboxylic acids is 3. The van der Waals surface area contributed by atoms with Crippen LogP contribution in [0, 0.1) is 30.0 Å². The van der Waals surface area contributed by atoms with Gasteiger partial charge in [-0.1, -0.05) is 13.8 Å². The minimum absolute atomic E-state index is 0. The van der Waals surface area contributed by atoms with Gasteiger partial charge in [-0.2, -0.15) is 13.2 Å². The van der Waals surface area contributed by atoms with Crippen LogP contribution in [0.25, 0.3) is 21.5 Å². The Morgan fingerprint density at radius 2 is 1.88 bits per heavy atom. The molecule has 224 valence electrons. The Morgan fingerprint density at radius 1 is 1.21 bits per heavy atom. The summed E-state index contributed by atoms with van der Waals surface area (Å²) >= 11 is 0.888. The largest absolute Gasteiger partial charge is 0.433 e. The first-order valence-corrected chi connectivity index (χ1v) is 14.0. The van der Waals surface area contributed by atoms with Crippen molar-refractivity contribution in [1.29, 1.82) is 0 Å². The second-order valence-electron chi connectivity index (χ2n) is 11.5. The fourth-order valence-electron chi connectivity index (χ4n) is 6.22. The van der Waals surface area contributed by atoms with Crippen LogP contribution in [0.1, 0.15) is 46.8 Å². The summed E-state index contributed by atoms with van der Waals surface area (Å²) in [6.45, 7) is 5.62. The number of amides is 3. The van der Waals surface area contributed by atoms with Crippen LogP contribution >= 0.6 is 23.7 Å². The number of imide groups is 1. The summed E-state index contributed by atoms with van der Waals surface area (Å²) in [6, 6.07) is 2.31. The van der Waals surface area contributed by atoms with Crippen LogP contribution in [0.3, 0.4) is 0 Å². The summed E-state index contributed by atoms with van der Waals surface area (Å²) < 4.78 is 57.4. The fourth-order valence-corrected chi connectivity index (χ4v) is 7.36. The Bertz CT molecular complexity index is 1620. The van der Waals surface area contributed by atoms with Gasteiger partial charge >= 0.3 is 6.18 Å². The molecule has 1 N–H and O–H groups in total. The van der Waals surface area contributed by atoms with Gasteiger partial charge in [0.1, 0.15) is 11.2 Å². The van der Waals surface area contributed by atoms with Crippen molar-refractivity contribution >= 4 is 51.7 Å². The second kappa shape index (κ2) is 10.2. The van der Waals surface area contributed by atoms with Gasteiger partial charge in [0.25, 0.3) is 5.91 Å². The number of hydrogen-bond donors (Lipinski definition) is 1. The minimum atomic E-state index is -4.78. The number of pyridine rings is 2. The molecule has 1 aliphatic carbocycles. The van der Waals surface area contributed by atoms with Crippen LogP contribution in [0.5, 0.6) is 0 Å². The van der Waals surface area contributed by atoms with Crippen LogP contribution in [-0.4, -0.2) is 63.7 Å². The number of alkyl halides is 3. The molecule has 8 nitrogen and oxygen atoms in total. The van der Waals surface area contributed by atoms with E-state index in [1.54, 1.807) is 11.9 Å². The Kier molecular flexibility index (Phi) is 7.38. The van der Waals surface area contributed by atoms with Crippen molar-refractivity contribution in [3.63, 3.8) is 0 Å². The topological polar surface area (TPSA) is 95.5 Å². The van der Waals surface area contributed by atoms with E-state index in [0.717, 1.165) is 22.3 Å². The number of nitrogens with one attached hydrogen (secondary N) is 1. The first-order valence-electron chi connectivity index (χ1n) is 13.2. The van der Waals surface area contributed by atoms with Gasteiger partial charge in [0.15, 0.2) is 5.82 Å². The number of nitrogens with zero attached hydrogens (tertiary/aromatic N) is 4. The number of piperidine rings is 1. The van der Waals surface area contributed by atoms with E-state index < -0.39 is 40.8 Å². The highest BCUT2D eigenvalue weighted by Gasteiger charge is 2.72. The number of likely N-dealkylation sites (tertiary alicyclic amines) is 2. The summed E-state index contributed by atoms with van der Waals surface area (Å²) in [5.41, 5.74) is -1.72. The Labute approximate surface area is 248 Å². The number of aryl methyl sites for hydroxylation is 1. The standard InChI is InChI=1S/C28H27F4N5O3S.ClH/c1-12-9-16(28(30,31)32)35-21(17(12)24(38)36-8-6-13(10-36)33-4)14-5-7-34-22-20(29)15(41-23(14)22)11-37-25(39)18-19(26(37)40)27(18,2)3;/h5,7,9,13,18-19,33H,6,8,10-11H2,1-4H3;1H. The summed E-state index contributed by atoms with van der Waals surface area (Å²) in [4.78, 5) is 50.1. The number of hydrogen-bond acceptors (Lipinski definition) is 7. The molecule has 0 spiro atoms. The number of rotatable bonds is 5. The van der Waals surface area contributed by atoms with Crippen LogP contribution in [0.15, 0.2) is 18.3 Å². The van der Waals surface area contributed by atoms with Crippen LogP contribution in [0.4, 0.5) is 17.6 Å². The monoisotopic (exact) mass is 625 g/mol. The molecule has 6 rings (SSSR count). The lowest BCUT2D eigenvalue weighted by Gasteiger charge is -2.21. The van der Waals surface area contributed by atoms with Crippen molar-refractivity contribution < 1.29 is 31.9 Å². The SMILES string of the molecule is CNC1CCN(C(=O)c2c(C)cc(C(F)(F)F)nc2-c2ccnc3c(F)c(CN4C(=O)C5C(C4=O)C5(C)C)sc23)C1.Cl. The first-order chi connectivity index (χ1) is 19.3. The summed E-state index contributed by atoms with van der Waals surface area (Å²) in [6.07, 6.45) is -2.84. The molecule has 1 saturated carbocycles. The molecule has 0 aromatic carbocycles. The molecule has 3 amide bonds. The average molecular weight is 626 g/mol. The Balaban J connectivity index is 0.00000353.